The Labute approximate surface area is 220 Å². The summed E-state index contributed by atoms with van der Waals surface area (Å²) < 4.78 is 12.0. The normalized spacial score (nSPS) is 11.0. The molecule has 0 aromatic heterocycles. The molecule has 37 heavy (non-hydrogen) atoms. The highest BCUT2D eigenvalue weighted by Gasteiger charge is 2.15. The summed E-state index contributed by atoms with van der Waals surface area (Å²) in [6.07, 6.45) is 3.83. The number of carbonyl (C=O) groups is 1. The van der Waals surface area contributed by atoms with Crippen LogP contribution in [0.4, 0.5) is 0 Å². The van der Waals surface area contributed by atoms with Crippen LogP contribution in [0.25, 0.3) is 10.8 Å². The fourth-order valence-corrected chi connectivity index (χ4v) is 4.08. The first kappa shape index (κ1) is 25.8. The number of hydrazone groups is 1. The van der Waals surface area contributed by atoms with Gasteiger partial charge in [0.25, 0.3) is 5.91 Å². The Morgan fingerprint density at radius 3 is 2.49 bits per heavy atom. The summed E-state index contributed by atoms with van der Waals surface area (Å²) in [5, 5.41) is 16.7. The van der Waals surface area contributed by atoms with Gasteiger partial charge in [-0.2, -0.15) is 5.10 Å². The monoisotopic (exact) mass is 514 g/mol. The maximum absolute atomic E-state index is 12.7. The molecule has 0 unspecified atom stereocenters. The molecule has 0 heterocycles. The Balaban J connectivity index is 1.55. The van der Waals surface area contributed by atoms with Crippen molar-refractivity contribution in [2.24, 2.45) is 5.10 Å². The molecule has 2 N–H and O–H groups in total. The minimum absolute atomic E-state index is 0.113. The van der Waals surface area contributed by atoms with E-state index in [4.69, 9.17) is 21.1 Å². The van der Waals surface area contributed by atoms with Crippen molar-refractivity contribution in [3.8, 4) is 17.2 Å². The van der Waals surface area contributed by atoms with E-state index in [9.17, 15) is 9.90 Å². The maximum Gasteiger partial charge on any atom is 0.275 e. The van der Waals surface area contributed by atoms with E-state index in [2.05, 4.69) is 17.1 Å². The molecule has 7 heteroatoms. The average molecular weight is 515 g/mol. The van der Waals surface area contributed by atoms with Crippen LogP contribution in [0.3, 0.4) is 0 Å². The molecule has 0 atom stereocenters. The smallest absolute Gasteiger partial charge is 0.275 e. The number of halogens is 1. The molecule has 0 fully saturated rings. The number of allylic oxidation sites excluding steroid dienone is 1. The molecule has 4 rings (SSSR count). The van der Waals surface area contributed by atoms with Gasteiger partial charge in [-0.3, -0.25) is 4.79 Å². The quantitative estimate of drug-likeness (QED) is 0.141. The summed E-state index contributed by atoms with van der Waals surface area (Å²) in [7, 11) is 0. The second kappa shape index (κ2) is 12.1. The van der Waals surface area contributed by atoms with Gasteiger partial charge < -0.3 is 14.6 Å². The average Bonchev–Trinajstić information content (AvgIpc) is 2.89. The minimum Gasteiger partial charge on any atom is -0.507 e. The zero-order chi connectivity index (χ0) is 26.2. The van der Waals surface area contributed by atoms with Crippen molar-refractivity contribution in [3.05, 3.63) is 113 Å². The van der Waals surface area contributed by atoms with Crippen molar-refractivity contribution in [2.45, 2.75) is 20.0 Å². The first-order valence-electron chi connectivity index (χ1n) is 11.8. The fourth-order valence-electron chi connectivity index (χ4n) is 3.89. The van der Waals surface area contributed by atoms with E-state index in [0.29, 0.717) is 35.1 Å². The second-order valence-electron chi connectivity index (χ2n) is 8.23. The first-order chi connectivity index (χ1) is 18.0. The van der Waals surface area contributed by atoms with E-state index < -0.39 is 5.91 Å². The predicted molar refractivity (Wildman–Crippen MR) is 148 cm³/mol. The number of carbonyl (C=O) groups excluding carboxylic acids is 1. The van der Waals surface area contributed by atoms with Crippen molar-refractivity contribution in [1.82, 2.24) is 5.43 Å². The van der Waals surface area contributed by atoms with E-state index in [-0.39, 0.29) is 17.9 Å². The molecule has 4 aromatic rings. The lowest BCUT2D eigenvalue weighted by Gasteiger charge is -2.17. The standard InChI is InChI=1S/C30H27ClN2O4/c1-3-9-23-14-20(15-28(36-4-2)29(23)37-19-24-12-7-8-13-26(24)31)18-32-33-30(35)25-16-21-10-5-6-11-22(21)17-27(25)34/h3,5-8,10-18,34H,1,4,9,19H2,2H3,(H,33,35). The molecule has 0 saturated heterocycles. The number of rotatable bonds is 10. The Morgan fingerprint density at radius 2 is 1.76 bits per heavy atom. The summed E-state index contributed by atoms with van der Waals surface area (Å²) in [5.41, 5.74) is 5.05. The number of nitrogens with zero attached hydrogens (tertiary/aromatic N) is 1. The highest BCUT2D eigenvalue weighted by Crippen LogP contribution is 2.35. The highest BCUT2D eigenvalue weighted by atomic mass is 35.5. The van der Waals surface area contributed by atoms with Crippen LogP contribution in [0, 0.1) is 0 Å². The van der Waals surface area contributed by atoms with Crippen molar-refractivity contribution in [3.63, 3.8) is 0 Å². The number of nitrogens with one attached hydrogen (secondary N) is 1. The first-order valence-corrected chi connectivity index (χ1v) is 12.2. The van der Waals surface area contributed by atoms with Crippen LogP contribution >= 0.6 is 11.6 Å². The van der Waals surface area contributed by atoms with E-state index in [1.54, 1.807) is 24.3 Å². The lowest BCUT2D eigenvalue weighted by Crippen LogP contribution is -2.17. The number of aromatic hydroxyl groups is 1. The zero-order valence-electron chi connectivity index (χ0n) is 20.4. The van der Waals surface area contributed by atoms with Crippen LogP contribution in [-0.2, 0) is 13.0 Å². The number of phenolic OH excluding ortho intramolecular Hbond substituents is 1. The van der Waals surface area contributed by atoms with Gasteiger partial charge in [-0.15, -0.1) is 6.58 Å². The van der Waals surface area contributed by atoms with Crippen LogP contribution in [0.2, 0.25) is 5.02 Å². The van der Waals surface area contributed by atoms with Gasteiger partial charge in [-0.25, -0.2) is 5.43 Å². The third-order valence-electron chi connectivity index (χ3n) is 5.64. The molecule has 0 saturated carbocycles. The summed E-state index contributed by atoms with van der Waals surface area (Å²) >= 11 is 6.29. The van der Waals surface area contributed by atoms with Crippen LogP contribution in [0.1, 0.15) is 34.0 Å². The van der Waals surface area contributed by atoms with Crippen LogP contribution in [-0.4, -0.2) is 23.8 Å². The summed E-state index contributed by atoms with van der Waals surface area (Å²) in [6.45, 7) is 6.46. The molecule has 0 aliphatic rings. The number of amides is 1. The molecular weight excluding hydrogens is 488 g/mol. The molecular formula is C30H27ClN2O4. The van der Waals surface area contributed by atoms with Crippen LogP contribution < -0.4 is 14.9 Å². The van der Waals surface area contributed by atoms with Crippen molar-refractivity contribution >= 4 is 34.5 Å². The van der Waals surface area contributed by atoms with E-state index in [1.165, 1.54) is 6.21 Å². The van der Waals surface area contributed by atoms with Gasteiger partial charge in [0.05, 0.1) is 18.4 Å². The Hall–Kier alpha value is -4.29. The van der Waals surface area contributed by atoms with Crippen LogP contribution in [0.15, 0.2) is 90.6 Å². The molecule has 188 valence electrons. The van der Waals surface area contributed by atoms with E-state index in [1.807, 2.05) is 61.5 Å². The van der Waals surface area contributed by atoms with Crippen LogP contribution in [0.5, 0.6) is 17.2 Å². The number of hydrogen-bond donors (Lipinski definition) is 2. The van der Waals surface area contributed by atoms with E-state index >= 15 is 0 Å². The zero-order valence-corrected chi connectivity index (χ0v) is 21.2. The van der Waals surface area contributed by atoms with Gasteiger partial charge in [0.1, 0.15) is 12.4 Å². The number of benzene rings is 4. The molecule has 0 aliphatic carbocycles. The predicted octanol–water partition coefficient (Wildman–Crippen LogP) is 6.67. The summed E-state index contributed by atoms with van der Waals surface area (Å²) in [4.78, 5) is 12.7. The lowest BCUT2D eigenvalue weighted by atomic mass is 10.1. The molecule has 6 nitrogen and oxygen atoms in total. The van der Waals surface area contributed by atoms with Gasteiger partial charge in [0.15, 0.2) is 11.5 Å². The number of phenols is 1. The van der Waals surface area contributed by atoms with Gasteiger partial charge >= 0.3 is 0 Å². The van der Waals surface area contributed by atoms with Gasteiger partial charge in [-0.1, -0.05) is 60.1 Å². The Kier molecular flexibility index (Phi) is 8.44. The SMILES string of the molecule is C=CCc1cc(C=NNC(=O)c2cc3ccccc3cc2O)cc(OCC)c1OCc1ccccc1Cl. The molecule has 1 amide bonds. The molecule has 0 radical (unpaired) electrons. The van der Waals surface area contributed by atoms with Crippen molar-refractivity contribution in [2.75, 3.05) is 6.61 Å². The van der Waals surface area contributed by atoms with E-state index in [0.717, 1.165) is 21.9 Å². The topological polar surface area (TPSA) is 80.2 Å². The third-order valence-corrected chi connectivity index (χ3v) is 6.01. The fraction of sp³-hybridized carbons (Fsp3) is 0.133. The summed E-state index contributed by atoms with van der Waals surface area (Å²) in [6, 6.07) is 21.9. The number of fused-ring (bicyclic) bond motifs is 1. The molecule has 4 aromatic carbocycles. The van der Waals surface area contributed by atoms with Gasteiger partial charge in [-0.05, 0) is 60.0 Å². The largest absolute Gasteiger partial charge is 0.507 e. The number of hydrogen-bond acceptors (Lipinski definition) is 5. The van der Waals surface area contributed by atoms with Gasteiger partial charge in [0.2, 0.25) is 0 Å². The molecule has 0 aliphatic heterocycles. The third kappa shape index (κ3) is 6.29. The van der Waals surface area contributed by atoms with Crippen molar-refractivity contribution in [1.29, 1.82) is 0 Å². The number of ether oxygens (including phenoxy) is 2. The molecule has 0 spiro atoms. The lowest BCUT2D eigenvalue weighted by molar-refractivity contribution is 0.0952. The molecule has 0 bridgehead atoms. The maximum atomic E-state index is 12.7. The second-order valence-corrected chi connectivity index (χ2v) is 8.64. The highest BCUT2D eigenvalue weighted by molar-refractivity contribution is 6.31. The summed E-state index contributed by atoms with van der Waals surface area (Å²) in [5.74, 6) is 0.520. The Bertz CT molecular complexity index is 1470. The Morgan fingerprint density at radius 1 is 1.03 bits per heavy atom. The van der Waals surface area contributed by atoms with Crippen molar-refractivity contribution < 1.29 is 19.4 Å². The van der Waals surface area contributed by atoms with Gasteiger partial charge in [0, 0.05) is 16.1 Å². The minimum atomic E-state index is -0.518.